The van der Waals surface area contributed by atoms with Gasteiger partial charge in [-0.15, -0.1) is 0 Å². The van der Waals surface area contributed by atoms with Crippen LogP contribution in [0.3, 0.4) is 0 Å². The summed E-state index contributed by atoms with van der Waals surface area (Å²) >= 11 is 0. The van der Waals surface area contributed by atoms with Gasteiger partial charge in [-0.05, 0) is 86.1 Å². The first-order valence-electron chi connectivity index (χ1n) is 11.3. The molecule has 0 aliphatic carbocycles. The molecule has 2 aromatic carbocycles. The summed E-state index contributed by atoms with van der Waals surface area (Å²) in [6.45, 7) is 2.91. The Labute approximate surface area is 199 Å². The molecule has 1 N–H and O–H groups in total. The monoisotopic (exact) mass is 504 g/mol. The van der Waals surface area contributed by atoms with Gasteiger partial charge in [0.2, 0.25) is 5.91 Å². The van der Waals surface area contributed by atoms with E-state index in [9.17, 15) is 35.5 Å². The number of carbonyl (C=O) groups is 1. The molecule has 1 heterocycles. The van der Waals surface area contributed by atoms with E-state index in [2.05, 4.69) is 5.32 Å². The predicted octanol–water partition coefficient (Wildman–Crippen LogP) is 6.56. The van der Waals surface area contributed by atoms with Gasteiger partial charge in [-0.3, -0.25) is 4.79 Å². The second kappa shape index (κ2) is 10.6. The normalized spacial score (nSPS) is 17.2. The molecule has 1 aliphatic heterocycles. The van der Waals surface area contributed by atoms with Gasteiger partial charge in [-0.2, -0.15) is 26.3 Å². The van der Waals surface area contributed by atoms with Gasteiger partial charge in [0.15, 0.2) is 0 Å². The van der Waals surface area contributed by atoms with E-state index < -0.39 is 41.2 Å². The van der Waals surface area contributed by atoms with Crippen molar-refractivity contribution in [3.8, 4) is 0 Å². The molecule has 192 valence electrons. The third-order valence-corrected chi connectivity index (χ3v) is 6.71. The predicted molar refractivity (Wildman–Crippen MR) is 117 cm³/mol. The van der Waals surface area contributed by atoms with E-state index in [-0.39, 0.29) is 29.9 Å². The molecule has 0 aromatic heterocycles. The molecule has 1 fully saturated rings. The Morgan fingerprint density at radius 2 is 1.46 bits per heavy atom. The molecule has 0 bridgehead atoms. The Morgan fingerprint density at radius 1 is 0.943 bits per heavy atom. The minimum absolute atomic E-state index is 0.00221. The van der Waals surface area contributed by atoms with Crippen LogP contribution in [0.15, 0.2) is 42.5 Å². The first-order chi connectivity index (χ1) is 16.3. The fourth-order valence-electron chi connectivity index (χ4n) is 4.51. The highest BCUT2D eigenvalue weighted by Crippen LogP contribution is 2.39. The molecular formula is C25H27F7N2O. The van der Waals surface area contributed by atoms with Crippen LogP contribution in [0.5, 0.6) is 0 Å². The molecule has 0 radical (unpaired) electrons. The van der Waals surface area contributed by atoms with Crippen LogP contribution in [0.25, 0.3) is 0 Å². The molecule has 3 nitrogen and oxygen atoms in total. The number of hydrogen-bond donors (Lipinski definition) is 1. The number of nitrogens with one attached hydrogen (secondary N) is 1. The van der Waals surface area contributed by atoms with Gasteiger partial charge < -0.3 is 10.2 Å². The Hall–Kier alpha value is -2.62. The zero-order chi connectivity index (χ0) is 26.0. The Kier molecular flexibility index (Phi) is 8.14. The van der Waals surface area contributed by atoms with E-state index in [1.165, 1.54) is 31.0 Å². The number of amides is 1. The number of carbonyl (C=O) groups excluding carboxylic acids is 1. The Balaban J connectivity index is 1.87. The average molecular weight is 504 g/mol. The number of halogens is 7. The lowest BCUT2D eigenvalue weighted by molar-refractivity contribution is -0.143. The first kappa shape index (κ1) is 27.0. The van der Waals surface area contributed by atoms with Crippen LogP contribution in [0.1, 0.15) is 60.4 Å². The lowest BCUT2D eigenvalue weighted by atomic mass is 9.78. The number of alkyl halides is 6. The van der Waals surface area contributed by atoms with Crippen molar-refractivity contribution in [3.05, 3.63) is 70.5 Å². The molecule has 1 unspecified atom stereocenters. The van der Waals surface area contributed by atoms with Crippen molar-refractivity contribution < 1.29 is 35.5 Å². The lowest BCUT2D eigenvalue weighted by Gasteiger charge is -2.33. The summed E-state index contributed by atoms with van der Waals surface area (Å²) in [4.78, 5) is 14.4. The van der Waals surface area contributed by atoms with Crippen LogP contribution >= 0.6 is 0 Å². The minimum Gasteiger partial charge on any atom is -0.339 e. The Bertz CT molecular complexity index is 980. The fourth-order valence-corrected chi connectivity index (χ4v) is 4.51. The standard InChI is InChI=1S/C25H27F7N2O/c1-15(18-11-19(24(27,28)29)13-20(12-18)25(30,31)32)34(2)23(35)14-22(17-7-9-33-10-8-17)16-3-5-21(26)6-4-16/h3-6,11-13,15,17,22,33H,7-10,14H2,1-2H3/t15-,22?/m0/s1. The van der Waals surface area contributed by atoms with Crippen molar-refractivity contribution >= 4 is 5.91 Å². The minimum atomic E-state index is -4.97. The maximum Gasteiger partial charge on any atom is 0.416 e. The van der Waals surface area contributed by atoms with Gasteiger partial charge in [0.05, 0.1) is 17.2 Å². The van der Waals surface area contributed by atoms with Crippen molar-refractivity contribution in [2.45, 2.75) is 50.5 Å². The molecule has 0 spiro atoms. The van der Waals surface area contributed by atoms with Crippen LogP contribution in [0, 0.1) is 11.7 Å². The summed E-state index contributed by atoms with van der Waals surface area (Å²) in [6.07, 6.45) is -8.36. The SMILES string of the molecule is C[C@@H](c1cc(C(F)(F)F)cc(C(F)(F)F)c1)N(C)C(=O)CC(c1ccc(F)cc1)C1CCNCC1. The zero-order valence-electron chi connectivity index (χ0n) is 19.3. The van der Waals surface area contributed by atoms with Crippen molar-refractivity contribution in [1.82, 2.24) is 10.2 Å². The molecule has 1 amide bonds. The topological polar surface area (TPSA) is 32.3 Å². The van der Waals surface area contributed by atoms with E-state index >= 15 is 0 Å². The van der Waals surface area contributed by atoms with Crippen LogP contribution < -0.4 is 5.32 Å². The van der Waals surface area contributed by atoms with E-state index in [0.717, 1.165) is 31.5 Å². The van der Waals surface area contributed by atoms with Crippen LogP contribution in [-0.2, 0) is 17.1 Å². The zero-order valence-corrected chi connectivity index (χ0v) is 19.3. The largest absolute Gasteiger partial charge is 0.416 e. The van der Waals surface area contributed by atoms with E-state index in [1.807, 2.05) is 0 Å². The highest BCUT2D eigenvalue weighted by molar-refractivity contribution is 5.77. The smallest absolute Gasteiger partial charge is 0.339 e. The maximum absolute atomic E-state index is 13.5. The second-order valence-corrected chi connectivity index (χ2v) is 8.97. The highest BCUT2D eigenvalue weighted by atomic mass is 19.4. The van der Waals surface area contributed by atoms with Gasteiger partial charge in [-0.25, -0.2) is 4.39 Å². The third-order valence-electron chi connectivity index (χ3n) is 6.71. The number of rotatable bonds is 6. The first-order valence-corrected chi connectivity index (χ1v) is 11.3. The third kappa shape index (κ3) is 6.74. The van der Waals surface area contributed by atoms with E-state index in [0.29, 0.717) is 12.1 Å². The maximum atomic E-state index is 13.5. The summed E-state index contributed by atoms with van der Waals surface area (Å²) in [5.74, 6) is -0.969. The Morgan fingerprint density at radius 3 is 1.94 bits per heavy atom. The molecule has 0 saturated carbocycles. The molecule has 1 aliphatic rings. The summed E-state index contributed by atoms with van der Waals surface area (Å²) < 4.78 is 93.1. The quantitative estimate of drug-likeness (QED) is 0.452. The average Bonchev–Trinajstić information content (AvgIpc) is 2.81. The number of hydrogen-bond acceptors (Lipinski definition) is 2. The van der Waals surface area contributed by atoms with E-state index in [4.69, 9.17) is 0 Å². The van der Waals surface area contributed by atoms with Gasteiger partial charge in [0.25, 0.3) is 0 Å². The molecule has 3 rings (SSSR count). The van der Waals surface area contributed by atoms with Crippen LogP contribution in [-0.4, -0.2) is 30.9 Å². The van der Waals surface area contributed by atoms with Crippen molar-refractivity contribution in [1.29, 1.82) is 0 Å². The molecule has 10 heteroatoms. The number of benzene rings is 2. The highest BCUT2D eigenvalue weighted by Gasteiger charge is 2.38. The fraction of sp³-hybridized carbons (Fsp3) is 0.480. The molecule has 2 aromatic rings. The number of piperidine rings is 1. The number of nitrogens with zero attached hydrogens (tertiary/aromatic N) is 1. The molecule has 35 heavy (non-hydrogen) atoms. The van der Waals surface area contributed by atoms with Crippen molar-refractivity contribution in [3.63, 3.8) is 0 Å². The van der Waals surface area contributed by atoms with Gasteiger partial charge in [-0.1, -0.05) is 12.1 Å². The summed E-state index contributed by atoms with van der Waals surface area (Å²) in [5, 5.41) is 3.24. The van der Waals surface area contributed by atoms with Gasteiger partial charge in [0, 0.05) is 13.5 Å². The van der Waals surface area contributed by atoms with Crippen molar-refractivity contribution in [2.75, 3.05) is 20.1 Å². The molecule has 1 saturated heterocycles. The summed E-state index contributed by atoms with van der Waals surface area (Å²) in [7, 11) is 1.37. The second-order valence-electron chi connectivity index (χ2n) is 8.97. The van der Waals surface area contributed by atoms with Crippen LogP contribution in [0.4, 0.5) is 30.7 Å². The van der Waals surface area contributed by atoms with Gasteiger partial charge in [0.1, 0.15) is 5.82 Å². The summed E-state index contributed by atoms with van der Waals surface area (Å²) in [5.41, 5.74) is -2.34. The molecular weight excluding hydrogens is 477 g/mol. The lowest BCUT2D eigenvalue weighted by Crippen LogP contribution is -2.35. The summed E-state index contributed by atoms with van der Waals surface area (Å²) in [6, 6.07) is 6.17. The van der Waals surface area contributed by atoms with E-state index in [1.54, 1.807) is 12.1 Å². The molecule has 2 atom stereocenters. The van der Waals surface area contributed by atoms with Crippen molar-refractivity contribution in [2.24, 2.45) is 5.92 Å². The van der Waals surface area contributed by atoms with Crippen LogP contribution in [0.2, 0.25) is 0 Å². The van der Waals surface area contributed by atoms with Gasteiger partial charge >= 0.3 is 12.4 Å².